The second kappa shape index (κ2) is 4.57. The van der Waals surface area contributed by atoms with Crippen LogP contribution in [0.3, 0.4) is 0 Å². The third-order valence-electron chi connectivity index (χ3n) is 1.81. The SMILES string of the molecule is CS(=O)(=O)CC(O)Cc1ccccc1. The Kier molecular flexibility index (Phi) is 3.66. The van der Waals surface area contributed by atoms with E-state index in [1.807, 2.05) is 30.3 Å². The van der Waals surface area contributed by atoms with E-state index < -0.39 is 15.9 Å². The molecule has 0 aliphatic heterocycles. The van der Waals surface area contributed by atoms with Gasteiger partial charge in [-0.05, 0) is 12.0 Å². The summed E-state index contributed by atoms with van der Waals surface area (Å²) in [5.41, 5.74) is 0.948. The van der Waals surface area contributed by atoms with E-state index in [4.69, 9.17) is 0 Å². The summed E-state index contributed by atoms with van der Waals surface area (Å²) in [7, 11) is -3.09. The molecule has 0 spiro atoms. The van der Waals surface area contributed by atoms with E-state index in [1.165, 1.54) is 0 Å². The molecule has 1 atom stereocenters. The van der Waals surface area contributed by atoms with Crippen molar-refractivity contribution in [2.75, 3.05) is 12.0 Å². The molecule has 0 amide bonds. The van der Waals surface area contributed by atoms with Crippen molar-refractivity contribution in [2.45, 2.75) is 12.5 Å². The molecule has 4 heteroatoms. The third-order valence-corrected chi connectivity index (χ3v) is 2.80. The Morgan fingerprint density at radius 2 is 1.86 bits per heavy atom. The highest BCUT2D eigenvalue weighted by Gasteiger charge is 2.12. The standard InChI is InChI=1S/C10H14O3S/c1-14(12,13)8-10(11)7-9-5-3-2-4-6-9/h2-6,10-11H,7-8H2,1H3. The average Bonchev–Trinajstić information content (AvgIpc) is 2.02. The number of sulfone groups is 1. The number of rotatable bonds is 4. The smallest absolute Gasteiger partial charge is 0.150 e. The van der Waals surface area contributed by atoms with Gasteiger partial charge in [-0.1, -0.05) is 30.3 Å². The van der Waals surface area contributed by atoms with Gasteiger partial charge in [0.25, 0.3) is 0 Å². The van der Waals surface area contributed by atoms with E-state index in [2.05, 4.69) is 0 Å². The minimum Gasteiger partial charge on any atom is -0.392 e. The first-order chi connectivity index (χ1) is 6.47. The first kappa shape index (κ1) is 11.2. The number of aliphatic hydroxyl groups is 1. The van der Waals surface area contributed by atoms with E-state index >= 15 is 0 Å². The highest BCUT2D eigenvalue weighted by molar-refractivity contribution is 7.90. The van der Waals surface area contributed by atoms with Crippen LogP contribution in [0, 0.1) is 0 Å². The Labute approximate surface area is 84.3 Å². The summed E-state index contributed by atoms with van der Waals surface area (Å²) in [6.45, 7) is 0. The van der Waals surface area contributed by atoms with E-state index in [0.29, 0.717) is 6.42 Å². The molecule has 0 saturated heterocycles. The van der Waals surface area contributed by atoms with Gasteiger partial charge in [0.2, 0.25) is 0 Å². The molecular formula is C10H14O3S. The van der Waals surface area contributed by atoms with Gasteiger partial charge in [0.05, 0.1) is 11.9 Å². The van der Waals surface area contributed by atoms with E-state index in [9.17, 15) is 13.5 Å². The zero-order chi connectivity index (χ0) is 10.6. The molecule has 0 radical (unpaired) electrons. The minimum absolute atomic E-state index is 0.179. The van der Waals surface area contributed by atoms with Crippen molar-refractivity contribution in [3.8, 4) is 0 Å². The zero-order valence-electron chi connectivity index (χ0n) is 8.05. The van der Waals surface area contributed by atoms with Crippen molar-refractivity contribution in [1.82, 2.24) is 0 Å². The highest BCUT2D eigenvalue weighted by Crippen LogP contribution is 2.04. The van der Waals surface area contributed by atoms with Gasteiger partial charge in [-0.25, -0.2) is 8.42 Å². The maximum Gasteiger partial charge on any atom is 0.150 e. The van der Waals surface area contributed by atoms with Crippen LogP contribution in [-0.4, -0.2) is 31.6 Å². The molecule has 0 bridgehead atoms. The molecule has 0 fully saturated rings. The van der Waals surface area contributed by atoms with Crippen LogP contribution in [0.5, 0.6) is 0 Å². The first-order valence-electron chi connectivity index (χ1n) is 4.37. The summed E-state index contributed by atoms with van der Waals surface area (Å²) in [6, 6.07) is 9.34. The van der Waals surface area contributed by atoms with Gasteiger partial charge in [-0.15, -0.1) is 0 Å². The molecule has 3 nitrogen and oxygen atoms in total. The van der Waals surface area contributed by atoms with Crippen molar-refractivity contribution >= 4 is 9.84 Å². The van der Waals surface area contributed by atoms with Crippen LogP contribution in [0.1, 0.15) is 5.56 Å². The van der Waals surface area contributed by atoms with Crippen LogP contribution in [0.2, 0.25) is 0 Å². The second-order valence-electron chi connectivity index (χ2n) is 3.44. The van der Waals surface area contributed by atoms with E-state index in [-0.39, 0.29) is 5.75 Å². The predicted octanol–water partition coefficient (Wildman–Crippen LogP) is 0.635. The summed E-state index contributed by atoms with van der Waals surface area (Å²) in [6.07, 6.45) is 0.696. The summed E-state index contributed by atoms with van der Waals surface area (Å²) >= 11 is 0. The lowest BCUT2D eigenvalue weighted by Gasteiger charge is -2.08. The van der Waals surface area contributed by atoms with Gasteiger partial charge in [-0.3, -0.25) is 0 Å². The fraction of sp³-hybridized carbons (Fsp3) is 0.400. The van der Waals surface area contributed by atoms with E-state index in [1.54, 1.807) is 0 Å². The lowest BCUT2D eigenvalue weighted by atomic mass is 10.1. The Hall–Kier alpha value is -0.870. The molecular weight excluding hydrogens is 200 g/mol. The molecule has 0 saturated carbocycles. The summed E-state index contributed by atoms with van der Waals surface area (Å²) in [4.78, 5) is 0. The van der Waals surface area contributed by atoms with Gasteiger partial charge in [-0.2, -0.15) is 0 Å². The molecule has 0 aliphatic carbocycles. The first-order valence-corrected chi connectivity index (χ1v) is 6.43. The van der Waals surface area contributed by atoms with Crippen LogP contribution >= 0.6 is 0 Å². The Morgan fingerprint density at radius 1 is 1.29 bits per heavy atom. The molecule has 1 aromatic rings. The number of hydrogen-bond donors (Lipinski definition) is 1. The Morgan fingerprint density at radius 3 is 2.36 bits per heavy atom. The predicted molar refractivity (Wildman–Crippen MR) is 55.9 cm³/mol. The molecule has 0 aliphatic rings. The van der Waals surface area contributed by atoms with Gasteiger partial charge in [0.1, 0.15) is 9.84 Å². The topological polar surface area (TPSA) is 54.4 Å². The molecule has 1 rings (SSSR count). The summed E-state index contributed by atoms with van der Waals surface area (Å²) in [5.74, 6) is -0.179. The lowest BCUT2D eigenvalue weighted by Crippen LogP contribution is -2.21. The van der Waals surface area contributed by atoms with Crippen LogP contribution in [0.4, 0.5) is 0 Å². The van der Waals surface area contributed by atoms with Gasteiger partial charge in [0.15, 0.2) is 0 Å². The molecule has 14 heavy (non-hydrogen) atoms. The lowest BCUT2D eigenvalue weighted by molar-refractivity contribution is 0.198. The zero-order valence-corrected chi connectivity index (χ0v) is 8.87. The summed E-state index contributed by atoms with van der Waals surface area (Å²) < 4.78 is 21.7. The van der Waals surface area contributed by atoms with Crippen molar-refractivity contribution in [2.24, 2.45) is 0 Å². The number of benzene rings is 1. The normalized spacial score (nSPS) is 13.9. The van der Waals surface area contributed by atoms with E-state index in [0.717, 1.165) is 11.8 Å². The number of hydrogen-bond acceptors (Lipinski definition) is 3. The molecule has 1 unspecified atom stereocenters. The minimum atomic E-state index is -3.09. The monoisotopic (exact) mass is 214 g/mol. The van der Waals surface area contributed by atoms with Gasteiger partial charge in [0, 0.05) is 6.26 Å². The van der Waals surface area contributed by atoms with Crippen LogP contribution in [0.15, 0.2) is 30.3 Å². The Bertz CT molecular complexity index is 370. The van der Waals surface area contributed by atoms with Crippen molar-refractivity contribution < 1.29 is 13.5 Å². The van der Waals surface area contributed by atoms with Crippen LogP contribution in [0.25, 0.3) is 0 Å². The fourth-order valence-electron chi connectivity index (χ4n) is 1.29. The van der Waals surface area contributed by atoms with Gasteiger partial charge >= 0.3 is 0 Å². The maximum absolute atomic E-state index is 10.9. The molecule has 1 aromatic carbocycles. The molecule has 78 valence electrons. The molecule has 0 aromatic heterocycles. The second-order valence-corrected chi connectivity index (χ2v) is 5.62. The maximum atomic E-state index is 10.9. The summed E-state index contributed by atoms with van der Waals surface area (Å²) in [5, 5.41) is 9.46. The van der Waals surface area contributed by atoms with Crippen molar-refractivity contribution in [3.05, 3.63) is 35.9 Å². The van der Waals surface area contributed by atoms with Crippen LogP contribution < -0.4 is 0 Å². The molecule has 1 N–H and O–H groups in total. The third kappa shape index (κ3) is 4.39. The fourth-order valence-corrected chi connectivity index (χ4v) is 2.11. The molecule has 0 heterocycles. The van der Waals surface area contributed by atoms with Gasteiger partial charge < -0.3 is 5.11 Å². The quantitative estimate of drug-likeness (QED) is 0.800. The van der Waals surface area contributed by atoms with Crippen molar-refractivity contribution in [1.29, 1.82) is 0 Å². The largest absolute Gasteiger partial charge is 0.392 e. The number of aliphatic hydroxyl groups excluding tert-OH is 1. The average molecular weight is 214 g/mol. The van der Waals surface area contributed by atoms with Crippen LogP contribution in [-0.2, 0) is 16.3 Å². The van der Waals surface area contributed by atoms with Crippen molar-refractivity contribution in [3.63, 3.8) is 0 Å². The Balaban J connectivity index is 2.54. The highest BCUT2D eigenvalue weighted by atomic mass is 32.2.